The zero-order chi connectivity index (χ0) is 23.8. The number of anilines is 2. The van der Waals surface area contributed by atoms with Crippen LogP contribution in [0.4, 0.5) is 11.4 Å². The number of nitrogens with zero attached hydrogens (tertiary/aromatic N) is 2. The van der Waals surface area contributed by atoms with E-state index in [1.165, 1.54) is 5.69 Å². The Morgan fingerprint density at radius 1 is 0.818 bits per heavy atom. The summed E-state index contributed by atoms with van der Waals surface area (Å²) in [4.78, 5) is 4.85. The van der Waals surface area contributed by atoms with E-state index in [1.54, 1.807) is 0 Å². The molecule has 6 heteroatoms. The summed E-state index contributed by atoms with van der Waals surface area (Å²) in [5, 5.41) is 10.9. The van der Waals surface area contributed by atoms with E-state index in [-0.39, 0.29) is 18.0 Å². The Balaban J connectivity index is 1.73. The number of hydrogen-bond acceptors (Lipinski definition) is 6. The van der Waals surface area contributed by atoms with Gasteiger partial charge in [0.25, 0.3) is 0 Å². The first kappa shape index (κ1) is 25.0. The van der Waals surface area contributed by atoms with Gasteiger partial charge in [-0.1, -0.05) is 27.7 Å². The van der Waals surface area contributed by atoms with Crippen molar-refractivity contribution >= 4 is 11.4 Å². The van der Waals surface area contributed by atoms with Crippen molar-refractivity contribution in [3.63, 3.8) is 0 Å². The van der Waals surface area contributed by atoms with E-state index in [4.69, 9.17) is 15.2 Å². The monoisotopic (exact) mass is 455 g/mol. The molecule has 1 aliphatic heterocycles. The Morgan fingerprint density at radius 3 is 1.76 bits per heavy atom. The van der Waals surface area contributed by atoms with E-state index in [9.17, 15) is 5.11 Å². The largest absolute Gasteiger partial charge is 0.502 e. The summed E-state index contributed by atoms with van der Waals surface area (Å²) in [6, 6.07) is 12.1. The molecule has 0 unspecified atom stereocenters. The van der Waals surface area contributed by atoms with Crippen molar-refractivity contribution in [3.05, 3.63) is 42.0 Å². The number of ether oxygens (including phenoxy) is 2. The predicted molar refractivity (Wildman–Crippen MR) is 136 cm³/mol. The van der Waals surface area contributed by atoms with Crippen LogP contribution in [0.3, 0.4) is 0 Å². The normalized spacial score (nSPS) is 14.8. The van der Waals surface area contributed by atoms with Gasteiger partial charge in [0.05, 0.1) is 12.2 Å². The van der Waals surface area contributed by atoms with E-state index < -0.39 is 0 Å². The standard InChI is InChI=1S/C27H41N3O3/c1-5-23(6-2)32-25-17-20(18-26(27(25)31)33-24(7-3)8-4)19-29-13-15-30(16-14-29)22-11-9-21(28)10-12-22/h9-12,17-18,23-24,31H,5-8,13-16,19,28H2,1-4H3. The maximum absolute atomic E-state index is 10.9. The summed E-state index contributed by atoms with van der Waals surface area (Å²) in [6.07, 6.45) is 3.75. The van der Waals surface area contributed by atoms with Gasteiger partial charge in [-0.3, -0.25) is 4.90 Å². The van der Waals surface area contributed by atoms with Gasteiger partial charge in [-0.25, -0.2) is 0 Å². The Bertz CT molecular complexity index is 820. The first-order chi connectivity index (χ1) is 16.0. The van der Waals surface area contributed by atoms with Gasteiger partial charge in [-0.15, -0.1) is 0 Å². The molecule has 1 fully saturated rings. The van der Waals surface area contributed by atoms with Gasteiger partial charge >= 0.3 is 0 Å². The van der Waals surface area contributed by atoms with Crippen molar-refractivity contribution in [2.24, 2.45) is 0 Å². The number of phenols is 1. The zero-order valence-corrected chi connectivity index (χ0v) is 20.7. The molecule has 2 aromatic rings. The highest BCUT2D eigenvalue weighted by molar-refractivity contribution is 5.54. The lowest BCUT2D eigenvalue weighted by Crippen LogP contribution is -2.45. The molecule has 2 aromatic carbocycles. The second-order valence-corrected chi connectivity index (χ2v) is 8.91. The Morgan fingerprint density at radius 2 is 1.30 bits per heavy atom. The van der Waals surface area contributed by atoms with Crippen molar-refractivity contribution in [1.82, 2.24) is 4.90 Å². The molecule has 0 aromatic heterocycles. The van der Waals surface area contributed by atoms with E-state index in [1.807, 2.05) is 24.3 Å². The fourth-order valence-electron chi connectivity index (χ4n) is 4.28. The maximum atomic E-state index is 10.9. The molecule has 182 valence electrons. The van der Waals surface area contributed by atoms with Gasteiger partial charge in [0.1, 0.15) is 0 Å². The zero-order valence-electron chi connectivity index (χ0n) is 20.7. The maximum Gasteiger partial charge on any atom is 0.200 e. The average Bonchev–Trinajstić information content (AvgIpc) is 2.84. The quantitative estimate of drug-likeness (QED) is 0.440. The summed E-state index contributed by atoms with van der Waals surface area (Å²) < 4.78 is 12.4. The minimum atomic E-state index is 0.0793. The smallest absolute Gasteiger partial charge is 0.200 e. The highest BCUT2D eigenvalue weighted by Gasteiger charge is 2.21. The summed E-state index contributed by atoms with van der Waals surface area (Å²) >= 11 is 0. The van der Waals surface area contributed by atoms with Crippen LogP contribution in [0, 0.1) is 0 Å². The molecule has 0 amide bonds. The van der Waals surface area contributed by atoms with E-state index in [0.29, 0.717) is 11.5 Å². The van der Waals surface area contributed by atoms with Gasteiger partial charge in [-0.05, 0) is 67.6 Å². The second kappa shape index (κ2) is 12.0. The van der Waals surface area contributed by atoms with Crippen LogP contribution < -0.4 is 20.1 Å². The molecule has 0 atom stereocenters. The number of nitrogen functional groups attached to an aromatic ring is 1. The Labute approximate surface area is 199 Å². The van der Waals surface area contributed by atoms with Gasteiger partial charge < -0.3 is 25.2 Å². The number of benzene rings is 2. The minimum Gasteiger partial charge on any atom is -0.502 e. The molecule has 1 saturated heterocycles. The fraction of sp³-hybridized carbons (Fsp3) is 0.556. The number of rotatable bonds is 11. The van der Waals surface area contributed by atoms with E-state index >= 15 is 0 Å². The molecule has 0 bridgehead atoms. The summed E-state index contributed by atoms with van der Waals surface area (Å²) in [5.74, 6) is 1.18. The van der Waals surface area contributed by atoms with E-state index in [0.717, 1.165) is 69.7 Å². The average molecular weight is 456 g/mol. The van der Waals surface area contributed by atoms with Crippen LogP contribution in [-0.2, 0) is 6.54 Å². The second-order valence-electron chi connectivity index (χ2n) is 8.91. The molecule has 1 aliphatic rings. The third-order valence-electron chi connectivity index (χ3n) is 6.55. The van der Waals surface area contributed by atoms with Crippen LogP contribution in [0.2, 0.25) is 0 Å². The molecule has 0 spiro atoms. The topological polar surface area (TPSA) is 71.2 Å². The number of hydrogen-bond donors (Lipinski definition) is 2. The first-order valence-corrected chi connectivity index (χ1v) is 12.5. The lowest BCUT2D eigenvalue weighted by molar-refractivity contribution is 0.168. The predicted octanol–water partition coefficient (Wildman–Crippen LogP) is 5.43. The van der Waals surface area contributed by atoms with Crippen LogP contribution in [0.15, 0.2) is 36.4 Å². The molecule has 33 heavy (non-hydrogen) atoms. The summed E-state index contributed by atoms with van der Waals surface area (Å²) in [5.41, 5.74) is 8.95. The fourth-order valence-corrected chi connectivity index (χ4v) is 4.28. The number of aromatic hydroxyl groups is 1. The van der Waals surface area contributed by atoms with E-state index in [2.05, 4.69) is 49.6 Å². The number of phenolic OH excluding ortho intramolecular Hbond substituents is 1. The molecular formula is C27H41N3O3. The molecule has 6 nitrogen and oxygen atoms in total. The Kier molecular flexibility index (Phi) is 9.12. The Hall–Kier alpha value is -2.60. The van der Waals surface area contributed by atoms with Crippen molar-refractivity contribution in [2.45, 2.75) is 72.1 Å². The van der Waals surface area contributed by atoms with Crippen LogP contribution in [0.1, 0.15) is 58.9 Å². The minimum absolute atomic E-state index is 0.0793. The molecule has 1 heterocycles. The van der Waals surface area contributed by atoms with Gasteiger partial charge in [0.2, 0.25) is 5.75 Å². The van der Waals surface area contributed by atoms with Crippen molar-refractivity contribution in [1.29, 1.82) is 0 Å². The molecular weight excluding hydrogens is 414 g/mol. The molecule has 0 radical (unpaired) electrons. The highest BCUT2D eigenvalue weighted by atomic mass is 16.5. The molecule has 0 aliphatic carbocycles. The van der Waals surface area contributed by atoms with Gasteiger partial charge in [0.15, 0.2) is 11.5 Å². The number of nitrogens with two attached hydrogens (primary N) is 1. The van der Waals surface area contributed by atoms with Gasteiger partial charge in [-0.2, -0.15) is 0 Å². The third kappa shape index (κ3) is 6.70. The van der Waals surface area contributed by atoms with Crippen molar-refractivity contribution < 1.29 is 14.6 Å². The van der Waals surface area contributed by atoms with Crippen molar-refractivity contribution in [2.75, 3.05) is 36.8 Å². The van der Waals surface area contributed by atoms with Crippen LogP contribution >= 0.6 is 0 Å². The van der Waals surface area contributed by atoms with Crippen LogP contribution in [-0.4, -0.2) is 48.4 Å². The molecule has 3 rings (SSSR count). The third-order valence-corrected chi connectivity index (χ3v) is 6.55. The van der Waals surface area contributed by atoms with Gasteiger partial charge in [0, 0.05) is 44.1 Å². The van der Waals surface area contributed by atoms with Crippen molar-refractivity contribution in [3.8, 4) is 17.2 Å². The molecule has 0 saturated carbocycles. The molecule has 3 N–H and O–H groups in total. The van der Waals surface area contributed by atoms with Crippen LogP contribution in [0.25, 0.3) is 0 Å². The highest BCUT2D eigenvalue weighted by Crippen LogP contribution is 2.40. The summed E-state index contributed by atoms with van der Waals surface area (Å²) in [6.45, 7) is 13.1. The lowest BCUT2D eigenvalue weighted by atomic mass is 10.1. The lowest BCUT2D eigenvalue weighted by Gasteiger charge is -2.36. The summed E-state index contributed by atoms with van der Waals surface area (Å²) in [7, 11) is 0. The SMILES string of the molecule is CCC(CC)Oc1cc(CN2CCN(c3ccc(N)cc3)CC2)cc(OC(CC)CC)c1O. The number of piperazine rings is 1. The first-order valence-electron chi connectivity index (χ1n) is 12.5. The van der Waals surface area contributed by atoms with Crippen LogP contribution in [0.5, 0.6) is 17.2 Å².